The van der Waals surface area contributed by atoms with Crippen LogP contribution in [-0.4, -0.2) is 53.8 Å². The average Bonchev–Trinajstić information content (AvgIpc) is 3.11. The highest BCUT2D eigenvalue weighted by Crippen LogP contribution is 2.19. The molecular formula is C22H29ClN2O3S. The first-order valence-corrected chi connectivity index (χ1v) is 10.9. The summed E-state index contributed by atoms with van der Waals surface area (Å²) in [6.45, 7) is 5.67. The Balaban J connectivity index is 2.15. The number of ether oxygens (including phenoxy) is 1. The van der Waals surface area contributed by atoms with Crippen molar-refractivity contribution in [2.24, 2.45) is 0 Å². The molecule has 29 heavy (non-hydrogen) atoms. The lowest BCUT2D eigenvalue weighted by Crippen LogP contribution is -2.45. The van der Waals surface area contributed by atoms with Gasteiger partial charge in [-0.25, -0.2) is 0 Å². The van der Waals surface area contributed by atoms with Gasteiger partial charge in [-0.3, -0.25) is 9.59 Å². The van der Waals surface area contributed by atoms with Crippen LogP contribution < -0.4 is 0 Å². The number of methoxy groups -OCH3 is 1. The van der Waals surface area contributed by atoms with E-state index in [4.69, 9.17) is 16.3 Å². The lowest BCUT2D eigenvalue weighted by atomic mass is 10.2. The van der Waals surface area contributed by atoms with Gasteiger partial charge in [0.2, 0.25) is 11.8 Å². The third-order valence-corrected chi connectivity index (χ3v) is 5.64. The first-order valence-electron chi connectivity index (χ1n) is 9.69. The Hall–Kier alpha value is -1.89. The molecule has 0 aliphatic rings. The van der Waals surface area contributed by atoms with E-state index in [0.29, 0.717) is 32.7 Å². The van der Waals surface area contributed by atoms with Crippen molar-refractivity contribution >= 4 is 34.8 Å². The number of alkyl halides is 1. The molecule has 0 spiro atoms. The molecule has 0 aliphatic carbocycles. The molecule has 7 heteroatoms. The van der Waals surface area contributed by atoms with E-state index < -0.39 is 5.38 Å². The molecule has 1 aromatic carbocycles. The van der Waals surface area contributed by atoms with E-state index in [0.717, 1.165) is 10.4 Å². The van der Waals surface area contributed by atoms with Crippen LogP contribution >= 0.6 is 22.9 Å². The third kappa shape index (κ3) is 7.80. The number of hydrogen-bond donors (Lipinski definition) is 0. The number of carbonyl (C=O) groups excluding carboxylic acids is 2. The molecule has 2 amide bonds. The van der Waals surface area contributed by atoms with Crippen molar-refractivity contribution in [2.75, 3.05) is 26.8 Å². The van der Waals surface area contributed by atoms with Crippen LogP contribution in [0.5, 0.6) is 0 Å². The van der Waals surface area contributed by atoms with E-state index in [-0.39, 0.29) is 18.4 Å². The quantitative estimate of drug-likeness (QED) is 0.394. The van der Waals surface area contributed by atoms with Gasteiger partial charge < -0.3 is 14.5 Å². The molecule has 1 unspecified atom stereocenters. The molecule has 0 bridgehead atoms. The summed E-state index contributed by atoms with van der Waals surface area (Å²) < 4.78 is 5.08. The number of thiophene rings is 1. The van der Waals surface area contributed by atoms with Crippen molar-refractivity contribution in [2.45, 2.75) is 38.7 Å². The number of amides is 2. The molecule has 1 aromatic heterocycles. The van der Waals surface area contributed by atoms with E-state index in [1.54, 1.807) is 30.3 Å². The fraction of sp³-hybridized carbons (Fsp3) is 0.455. The summed E-state index contributed by atoms with van der Waals surface area (Å²) in [5.74, 6) is -0.328. The Kier molecular flexibility index (Phi) is 9.64. The fourth-order valence-corrected chi connectivity index (χ4v) is 4.02. The second-order valence-electron chi connectivity index (χ2n) is 6.97. The van der Waals surface area contributed by atoms with Gasteiger partial charge >= 0.3 is 0 Å². The van der Waals surface area contributed by atoms with Crippen LogP contribution in [0.2, 0.25) is 0 Å². The van der Waals surface area contributed by atoms with Gasteiger partial charge in [-0.15, -0.1) is 22.9 Å². The number of hydrogen-bond acceptors (Lipinski definition) is 4. The fourth-order valence-electron chi connectivity index (χ4n) is 2.98. The maximum absolute atomic E-state index is 13.2. The minimum absolute atomic E-state index is 0.0107. The summed E-state index contributed by atoms with van der Waals surface area (Å²) in [5.41, 5.74) is 1.05. The molecule has 2 aromatic rings. The average molecular weight is 437 g/mol. The monoisotopic (exact) mass is 436 g/mol. The highest BCUT2D eigenvalue weighted by Gasteiger charge is 2.24. The Morgan fingerprint density at radius 3 is 2.41 bits per heavy atom. The molecule has 2 rings (SSSR count). The van der Waals surface area contributed by atoms with Gasteiger partial charge in [-0.2, -0.15) is 0 Å². The van der Waals surface area contributed by atoms with Crippen molar-refractivity contribution in [3.05, 3.63) is 57.8 Å². The molecule has 5 nitrogen and oxygen atoms in total. The highest BCUT2D eigenvalue weighted by atomic mass is 35.5. The number of carbonyl (C=O) groups is 2. The highest BCUT2D eigenvalue weighted by molar-refractivity contribution is 7.11. The second-order valence-corrected chi connectivity index (χ2v) is 9.00. The SMILES string of the molecule is COCCCN(CC(=O)N(Cc1ccccc1)Cc1ccc(C)s1)C(=O)C(C)Cl. The third-order valence-electron chi connectivity index (χ3n) is 4.47. The summed E-state index contributed by atoms with van der Waals surface area (Å²) >= 11 is 7.69. The van der Waals surface area contributed by atoms with E-state index >= 15 is 0 Å². The van der Waals surface area contributed by atoms with Crippen LogP contribution in [0.4, 0.5) is 0 Å². The Morgan fingerprint density at radius 1 is 1.10 bits per heavy atom. The van der Waals surface area contributed by atoms with Gasteiger partial charge in [0.15, 0.2) is 0 Å². The van der Waals surface area contributed by atoms with Gasteiger partial charge in [-0.05, 0) is 38.0 Å². The standard InChI is InChI=1S/C22H29ClN2O3S/c1-17-10-11-20(29-17)15-25(14-19-8-5-4-6-9-19)21(26)16-24(12-7-13-28-3)22(27)18(2)23/h4-6,8-11,18H,7,12-16H2,1-3H3. The van der Waals surface area contributed by atoms with Crippen LogP contribution in [0.15, 0.2) is 42.5 Å². The van der Waals surface area contributed by atoms with E-state index in [2.05, 4.69) is 13.0 Å². The van der Waals surface area contributed by atoms with Gasteiger partial charge in [0, 0.05) is 36.6 Å². The van der Waals surface area contributed by atoms with Crippen LogP contribution in [-0.2, 0) is 27.4 Å². The predicted octanol–water partition coefficient (Wildman–Crippen LogP) is 4.08. The van der Waals surface area contributed by atoms with E-state index in [9.17, 15) is 9.59 Å². The Morgan fingerprint density at radius 2 is 1.83 bits per heavy atom. The molecular weight excluding hydrogens is 408 g/mol. The minimum atomic E-state index is -0.673. The summed E-state index contributed by atoms with van der Waals surface area (Å²) in [5, 5.41) is -0.673. The van der Waals surface area contributed by atoms with E-state index in [1.165, 1.54) is 9.78 Å². The van der Waals surface area contributed by atoms with Crippen LogP contribution in [0.25, 0.3) is 0 Å². The first kappa shape index (κ1) is 23.4. The smallest absolute Gasteiger partial charge is 0.242 e. The lowest BCUT2D eigenvalue weighted by Gasteiger charge is -2.28. The number of aryl methyl sites for hydroxylation is 1. The summed E-state index contributed by atoms with van der Waals surface area (Å²) in [6.07, 6.45) is 0.655. The lowest BCUT2D eigenvalue weighted by molar-refractivity contribution is -0.141. The zero-order valence-corrected chi connectivity index (χ0v) is 18.8. The molecule has 0 saturated carbocycles. The van der Waals surface area contributed by atoms with Crippen molar-refractivity contribution in [3.8, 4) is 0 Å². The largest absolute Gasteiger partial charge is 0.385 e. The number of nitrogens with zero attached hydrogens (tertiary/aromatic N) is 2. The Labute approximate surface area is 182 Å². The maximum Gasteiger partial charge on any atom is 0.242 e. The Bertz CT molecular complexity index is 779. The molecule has 0 N–H and O–H groups in total. The molecule has 0 saturated heterocycles. The zero-order valence-electron chi connectivity index (χ0n) is 17.3. The van der Waals surface area contributed by atoms with Crippen molar-refractivity contribution < 1.29 is 14.3 Å². The minimum Gasteiger partial charge on any atom is -0.385 e. The van der Waals surface area contributed by atoms with Crippen molar-refractivity contribution in [1.82, 2.24) is 9.80 Å². The van der Waals surface area contributed by atoms with Crippen LogP contribution in [0.3, 0.4) is 0 Å². The second kappa shape index (κ2) is 12.0. The summed E-state index contributed by atoms with van der Waals surface area (Å²) in [6, 6.07) is 14.0. The predicted molar refractivity (Wildman–Crippen MR) is 118 cm³/mol. The maximum atomic E-state index is 13.2. The topological polar surface area (TPSA) is 49.9 Å². The molecule has 1 atom stereocenters. The summed E-state index contributed by atoms with van der Waals surface area (Å²) in [4.78, 5) is 31.4. The number of halogens is 1. The van der Waals surface area contributed by atoms with Crippen LogP contribution in [0.1, 0.15) is 28.7 Å². The van der Waals surface area contributed by atoms with Crippen molar-refractivity contribution in [3.63, 3.8) is 0 Å². The van der Waals surface area contributed by atoms with Gasteiger partial charge in [0.25, 0.3) is 0 Å². The molecule has 0 fully saturated rings. The molecule has 0 radical (unpaired) electrons. The number of benzene rings is 1. The molecule has 0 aliphatic heterocycles. The van der Waals surface area contributed by atoms with E-state index in [1.807, 2.05) is 36.4 Å². The first-order chi connectivity index (χ1) is 13.9. The van der Waals surface area contributed by atoms with Gasteiger partial charge in [-0.1, -0.05) is 30.3 Å². The molecule has 1 heterocycles. The normalized spacial score (nSPS) is 11.9. The zero-order chi connectivity index (χ0) is 21.2. The van der Waals surface area contributed by atoms with Crippen molar-refractivity contribution in [1.29, 1.82) is 0 Å². The molecule has 158 valence electrons. The number of rotatable bonds is 11. The van der Waals surface area contributed by atoms with Gasteiger partial charge in [0.05, 0.1) is 13.1 Å². The summed E-state index contributed by atoms with van der Waals surface area (Å²) in [7, 11) is 1.62. The van der Waals surface area contributed by atoms with Crippen LogP contribution in [0, 0.1) is 6.92 Å². The van der Waals surface area contributed by atoms with Gasteiger partial charge in [0.1, 0.15) is 5.38 Å².